The maximum Gasteiger partial charge on any atom is 0.258 e. The zero-order valence-corrected chi connectivity index (χ0v) is 13.6. The van der Waals surface area contributed by atoms with Gasteiger partial charge in [-0.1, -0.05) is 23.8 Å². The molecule has 124 valence electrons. The number of carbonyl (C=O) groups is 2. The summed E-state index contributed by atoms with van der Waals surface area (Å²) in [7, 11) is 0. The number of hydrogen-bond acceptors (Lipinski definition) is 3. The Morgan fingerprint density at radius 3 is 2.83 bits per heavy atom. The number of carbonyl (C=O) groups excluding carboxylic acids is 2. The fourth-order valence-corrected chi connectivity index (χ4v) is 2.97. The van der Waals surface area contributed by atoms with Crippen molar-refractivity contribution in [3.8, 4) is 5.75 Å². The van der Waals surface area contributed by atoms with Crippen molar-refractivity contribution in [2.45, 2.75) is 19.8 Å². The van der Waals surface area contributed by atoms with E-state index in [4.69, 9.17) is 10.5 Å². The summed E-state index contributed by atoms with van der Waals surface area (Å²) in [6.07, 6.45) is 1.93. The molecule has 2 aromatic carbocycles. The summed E-state index contributed by atoms with van der Waals surface area (Å²) >= 11 is 0. The number of nitrogens with two attached hydrogens (primary N) is 1. The van der Waals surface area contributed by atoms with Crippen molar-refractivity contribution in [3.63, 3.8) is 0 Å². The molecule has 2 aromatic rings. The van der Waals surface area contributed by atoms with Gasteiger partial charge in [0, 0.05) is 17.8 Å². The third-order valence-corrected chi connectivity index (χ3v) is 4.06. The fourth-order valence-electron chi connectivity index (χ4n) is 2.97. The zero-order valence-electron chi connectivity index (χ0n) is 13.6. The molecule has 1 heterocycles. The first-order valence-electron chi connectivity index (χ1n) is 7.97. The highest BCUT2D eigenvalue weighted by atomic mass is 16.5. The molecule has 5 nitrogen and oxygen atoms in total. The van der Waals surface area contributed by atoms with E-state index in [1.165, 1.54) is 11.1 Å². The van der Waals surface area contributed by atoms with Gasteiger partial charge in [-0.05, 0) is 49.6 Å². The summed E-state index contributed by atoms with van der Waals surface area (Å²) in [5, 5.41) is 0. The summed E-state index contributed by atoms with van der Waals surface area (Å²) in [4.78, 5) is 25.6. The number of amides is 2. The first kappa shape index (κ1) is 16.1. The second-order valence-electron chi connectivity index (χ2n) is 5.98. The first-order chi connectivity index (χ1) is 11.5. The number of primary amides is 1. The lowest BCUT2D eigenvalue weighted by Gasteiger charge is -2.30. The molecule has 0 bridgehead atoms. The molecule has 0 radical (unpaired) electrons. The van der Waals surface area contributed by atoms with E-state index in [0.29, 0.717) is 17.9 Å². The first-order valence-corrected chi connectivity index (χ1v) is 7.97. The van der Waals surface area contributed by atoms with Gasteiger partial charge in [0.1, 0.15) is 5.75 Å². The highest BCUT2D eigenvalue weighted by Gasteiger charge is 2.23. The summed E-state index contributed by atoms with van der Waals surface area (Å²) in [6, 6.07) is 13.0. The molecule has 2 N–H and O–H groups in total. The van der Waals surface area contributed by atoms with Crippen molar-refractivity contribution in [2.75, 3.05) is 18.1 Å². The smallest absolute Gasteiger partial charge is 0.258 e. The topological polar surface area (TPSA) is 72.6 Å². The number of fused-ring (bicyclic) bond motifs is 1. The highest BCUT2D eigenvalue weighted by molar-refractivity contribution is 6.07. The predicted molar refractivity (Wildman–Crippen MR) is 92.3 cm³/mol. The van der Waals surface area contributed by atoms with E-state index < -0.39 is 5.91 Å². The average Bonchev–Trinajstić information content (AvgIpc) is 2.58. The molecule has 0 atom stereocenters. The lowest BCUT2D eigenvalue weighted by atomic mass is 9.99. The van der Waals surface area contributed by atoms with Gasteiger partial charge in [-0.2, -0.15) is 0 Å². The van der Waals surface area contributed by atoms with Gasteiger partial charge >= 0.3 is 0 Å². The highest BCUT2D eigenvalue weighted by Crippen LogP contribution is 2.29. The van der Waals surface area contributed by atoms with E-state index in [2.05, 4.69) is 13.0 Å². The molecule has 0 aromatic heterocycles. The Hall–Kier alpha value is -2.82. The third-order valence-electron chi connectivity index (χ3n) is 4.06. The van der Waals surface area contributed by atoms with E-state index >= 15 is 0 Å². The van der Waals surface area contributed by atoms with E-state index in [1.54, 1.807) is 24.3 Å². The van der Waals surface area contributed by atoms with Gasteiger partial charge in [-0.15, -0.1) is 0 Å². The van der Waals surface area contributed by atoms with Crippen LogP contribution in [0.25, 0.3) is 0 Å². The van der Waals surface area contributed by atoms with Gasteiger partial charge < -0.3 is 15.4 Å². The number of aryl methyl sites for hydroxylation is 2. The van der Waals surface area contributed by atoms with Gasteiger partial charge in [0.25, 0.3) is 11.8 Å². The maximum atomic E-state index is 12.9. The van der Waals surface area contributed by atoms with Crippen molar-refractivity contribution in [2.24, 2.45) is 5.73 Å². The predicted octanol–water partition coefficient (Wildman–Crippen LogP) is 2.45. The van der Waals surface area contributed by atoms with E-state index in [0.717, 1.165) is 18.5 Å². The van der Waals surface area contributed by atoms with Crippen LogP contribution >= 0.6 is 0 Å². The van der Waals surface area contributed by atoms with Crippen molar-refractivity contribution >= 4 is 17.5 Å². The molecule has 3 rings (SSSR count). The Morgan fingerprint density at radius 1 is 1.21 bits per heavy atom. The van der Waals surface area contributed by atoms with Crippen LogP contribution in [-0.4, -0.2) is 25.0 Å². The van der Waals surface area contributed by atoms with Crippen molar-refractivity contribution in [1.82, 2.24) is 0 Å². The minimum absolute atomic E-state index is 0.0654. The Bertz CT molecular complexity index is 786. The molecule has 1 aliphatic rings. The van der Waals surface area contributed by atoms with E-state index in [9.17, 15) is 9.59 Å². The van der Waals surface area contributed by atoms with Crippen molar-refractivity contribution in [3.05, 3.63) is 59.2 Å². The number of rotatable bonds is 4. The van der Waals surface area contributed by atoms with E-state index in [-0.39, 0.29) is 12.5 Å². The standard InChI is InChI=1S/C19H20N2O3/c1-13-7-8-17-14(10-13)5-3-9-21(17)19(23)15-4-2-6-16(11-15)24-12-18(20)22/h2,4,6-8,10-11H,3,5,9,12H2,1H3,(H2,20,22). The Balaban J connectivity index is 1.85. The van der Waals surface area contributed by atoms with Crippen LogP contribution in [0.3, 0.4) is 0 Å². The number of anilines is 1. The zero-order chi connectivity index (χ0) is 17.1. The van der Waals surface area contributed by atoms with Crippen LogP contribution < -0.4 is 15.4 Å². The lowest BCUT2D eigenvalue weighted by Crippen LogP contribution is -2.35. The van der Waals surface area contributed by atoms with Crippen LogP contribution in [0.15, 0.2) is 42.5 Å². The van der Waals surface area contributed by atoms with Gasteiger partial charge in [-0.3, -0.25) is 9.59 Å². The average molecular weight is 324 g/mol. The molecule has 24 heavy (non-hydrogen) atoms. The second kappa shape index (κ2) is 6.74. The molecular formula is C19H20N2O3. The summed E-state index contributed by atoms with van der Waals surface area (Å²) < 4.78 is 5.29. The molecular weight excluding hydrogens is 304 g/mol. The third kappa shape index (κ3) is 3.40. The summed E-state index contributed by atoms with van der Waals surface area (Å²) in [5.74, 6) is -0.155. The van der Waals surface area contributed by atoms with Gasteiger partial charge in [0.05, 0.1) is 0 Å². The lowest BCUT2D eigenvalue weighted by molar-refractivity contribution is -0.119. The molecule has 2 amide bonds. The van der Waals surface area contributed by atoms with Crippen LogP contribution in [0, 0.1) is 6.92 Å². The van der Waals surface area contributed by atoms with Crippen LogP contribution in [0.5, 0.6) is 5.75 Å². The van der Waals surface area contributed by atoms with Crippen LogP contribution in [0.4, 0.5) is 5.69 Å². The fraction of sp³-hybridized carbons (Fsp3) is 0.263. The van der Waals surface area contributed by atoms with Crippen molar-refractivity contribution < 1.29 is 14.3 Å². The minimum atomic E-state index is -0.549. The molecule has 0 fully saturated rings. The van der Waals surface area contributed by atoms with Gasteiger partial charge in [-0.25, -0.2) is 0 Å². The molecule has 0 aliphatic carbocycles. The van der Waals surface area contributed by atoms with Crippen LogP contribution in [-0.2, 0) is 11.2 Å². The quantitative estimate of drug-likeness (QED) is 0.939. The summed E-state index contributed by atoms with van der Waals surface area (Å²) in [6.45, 7) is 2.55. The molecule has 0 unspecified atom stereocenters. The van der Waals surface area contributed by atoms with Crippen molar-refractivity contribution in [1.29, 1.82) is 0 Å². The summed E-state index contributed by atoms with van der Waals surface area (Å²) in [5.41, 5.74) is 8.99. The number of benzene rings is 2. The minimum Gasteiger partial charge on any atom is -0.484 e. The molecule has 0 saturated carbocycles. The SMILES string of the molecule is Cc1ccc2c(c1)CCCN2C(=O)c1cccc(OCC(N)=O)c1. The number of hydrogen-bond donors (Lipinski definition) is 1. The number of ether oxygens (including phenoxy) is 1. The van der Waals surface area contributed by atoms with Gasteiger partial charge in [0.15, 0.2) is 6.61 Å². The van der Waals surface area contributed by atoms with Crippen LogP contribution in [0.1, 0.15) is 27.9 Å². The monoisotopic (exact) mass is 324 g/mol. The molecule has 5 heteroatoms. The Kier molecular flexibility index (Phi) is 4.51. The molecule has 0 spiro atoms. The largest absolute Gasteiger partial charge is 0.484 e. The van der Waals surface area contributed by atoms with E-state index in [1.807, 2.05) is 17.0 Å². The Morgan fingerprint density at radius 2 is 2.04 bits per heavy atom. The second-order valence-corrected chi connectivity index (χ2v) is 5.98. The normalized spacial score (nSPS) is 13.3. The molecule has 1 aliphatic heterocycles. The molecule has 0 saturated heterocycles. The van der Waals surface area contributed by atoms with Gasteiger partial charge in [0.2, 0.25) is 0 Å². The van der Waals surface area contributed by atoms with Crippen LogP contribution in [0.2, 0.25) is 0 Å². The number of nitrogens with zero attached hydrogens (tertiary/aromatic N) is 1. The Labute approximate surface area is 141 Å². The maximum absolute atomic E-state index is 12.9.